The van der Waals surface area contributed by atoms with Crippen molar-refractivity contribution in [3.63, 3.8) is 0 Å². The molecule has 2 fully saturated rings. The molecule has 104 valence electrons. The maximum atomic E-state index is 12.3. The Hall–Kier alpha value is -0.610. The number of amides is 1. The van der Waals surface area contributed by atoms with Crippen molar-refractivity contribution in [3.05, 3.63) is 0 Å². The highest BCUT2D eigenvalue weighted by Crippen LogP contribution is 2.25. The van der Waals surface area contributed by atoms with Crippen LogP contribution in [0.1, 0.15) is 39.0 Å². The quantitative estimate of drug-likeness (QED) is 0.824. The molecule has 4 nitrogen and oxygen atoms in total. The predicted octanol–water partition coefficient (Wildman–Crippen LogP) is 1.40. The van der Waals surface area contributed by atoms with Gasteiger partial charge in [0.15, 0.2) is 0 Å². The van der Waals surface area contributed by atoms with E-state index in [-0.39, 0.29) is 5.92 Å². The molecule has 1 aliphatic carbocycles. The molecule has 1 atom stereocenters. The summed E-state index contributed by atoms with van der Waals surface area (Å²) in [5.74, 6) is 0.404. The minimum atomic E-state index is 0.112. The van der Waals surface area contributed by atoms with Gasteiger partial charge >= 0.3 is 0 Å². The number of ether oxygens (including phenoxy) is 1. The predicted molar refractivity (Wildman–Crippen MR) is 71.4 cm³/mol. The van der Waals surface area contributed by atoms with Crippen LogP contribution in [0.15, 0.2) is 0 Å². The average molecular weight is 254 g/mol. The van der Waals surface area contributed by atoms with Crippen molar-refractivity contribution in [1.29, 1.82) is 0 Å². The Balaban J connectivity index is 1.79. The molecule has 0 aromatic rings. The monoisotopic (exact) mass is 254 g/mol. The van der Waals surface area contributed by atoms with Gasteiger partial charge in [0.05, 0.1) is 12.5 Å². The zero-order valence-electron chi connectivity index (χ0n) is 11.7. The fraction of sp³-hybridized carbons (Fsp3) is 0.929. The Morgan fingerprint density at radius 3 is 2.56 bits per heavy atom. The zero-order valence-corrected chi connectivity index (χ0v) is 11.7. The van der Waals surface area contributed by atoms with Gasteiger partial charge in [-0.15, -0.1) is 0 Å². The summed E-state index contributed by atoms with van der Waals surface area (Å²) < 4.78 is 5.31. The van der Waals surface area contributed by atoms with Gasteiger partial charge in [-0.3, -0.25) is 4.79 Å². The molecule has 18 heavy (non-hydrogen) atoms. The Bertz CT molecular complexity index is 269. The van der Waals surface area contributed by atoms with Gasteiger partial charge in [0.1, 0.15) is 0 Å². The van der Waals surface area contributed by atoms with Crippen LogP contribution in [0, 0.1) is 5.92 Å². The second-order valence-corrected chi connectivity index (χ2v) is 5.57. The van der Waals surface area contributed by atoms with Crippen LogP contribution in [0.5, 0.6) is 0 Å². The Morgan fingerprint density at radius 2 is 2.00 bits per heavy atom. The second-order valence-electron chi connectivity index (χ2n) is 5.57. The van der Waals surface area contributed by atoms with E-state index in [9.17, 15) is 4.79 Å². The van der Waals surface area contributed by atoms with Crippen molar-refractivity contribution in [2.45, 2.75) is 51.1 Å². The lowest BCUT2D eigenvalue weighted by Crippen LogP contribution is -2.45. The lowest BCUT2D eigenvalue weighted by molar-refractivity contribution is -0.137. The molecule has 0 spiro atoms. The van der Waals surface area contributed by atoms with Gasteiger partial charge < -0.3 is 15.0 Å². The minimum absolute atomic E-state index is 0.112. The van der Waals surface area contributed by atoms with Crippen molar-refractivity contribution in [2.75, 3.05) is 26.8 Å². The molecule has 0 radical (unpaired) electrons. The van der Waals surface area contributed by atoms with Crippen molar-refractivity contribution >= 4 is 5.91 Å². The zero-order chi connectivity index (χ0) is 13.0. The molecule has 1 unspecified atom stereocenters. The summed E-state index contributed by atoms with van der Waals surface area (Å²) in [6, 6.07) is 1.09. The Kier molecular flexibility index (Phi) is 5.01. The fourth-order valence-corrected chi connectivity index (χ4v) is 3.15. The third kappa shape index (κ3) is 3.23. The number of hydrogen-bond donors (Lipinski definition) is 1. The second kappa shape index (κ2) is 6.53. The first-order valence-electron chi connectivity index (χ1n) is 7.30. The van der Waals surface area contributed by atoms with E-state index in [1.165, 1.54) is 12.8 Å². The summed E-state index contributed by atoms with van der Waals surface area (Å²) in [5.41, 5.74) is 0. The molecule has 1 amide bonds. The van der Waals surface area contributed by atoms with Gasteiger partial charge in [-0.25, -0.2) is 0 Å². The molecule has 1 N–H and O–H groups in total. The van der Waals surface area contributed by atoms with Crippen molar-refractivity contribution in [2.24, 2.45) is 5.92 Å². The van der Waals surface area contributed by atoms with Crippen LogP contribution in [0.25, 0.3) is 0 Å². The van der Waals surface area contributed by atoms with Gasteiger partial charge in [-0.1, -0.05) is 6.92 Å². The van der Waals surface area contributed by atoms with Crippen LogP contribution in [0.3, 0.4) is 0 Å². The lowest BCUT2D eigenvalue weighted by atomic mass is 9.89. The normalized spacial score (nSPS) is 32.4. The fourth-order valence-electron chi connectivity index (χ4n) is 3.15. The van der Waals surface area contributed by atoms with Crippen LogP contribution in [-0.4, -0.2) is 49.7 Å². The summed E-state index contributed by atoms with van der Waals surface area (Å²) in [5, 5.41) is 3.50. The smallest absolute Gasteiger partial charge is 0.228 e. The van der Waals surface area contributed by atoms with Gasteiger partial charge in [0.2, 0.25) is 5.91 Å². The number of hydrogen-bond acceptors (Lipinski definition) is 3. The number of rotatable bonds is 4. The van der Waals surface area contributed by atoms with Crippen molar-refractivity contribution in [1.82, 2.24) is 10.2 Å². The van der Waals surface area contributed by atoms with Crippen LogP contribution in [0.4, 0.5) is 0 Å². The van der Waals surface area contributed by atoms with E-state index in [1.807, 2.05) is 11.9 Å². The molecule has 0 bridgehead atoms. The topological polar surface area (TPSA) is 41.6 Å². The lowest BCUT2D eigenvalue weighted by Gasteiger charge is -2.36. The van der Waals surface area contributed by atoms with Gasteiger partial charge in [0.25, 0.3) is 0 Å². The van der Waals surface area contributed by atoms with E-state index in [0.29, 0.717) is 24.6 Å². The van der Waals surface area contributed by atoms with Crippen molar-refractivity contribution in [3.8, 4) is 0 Å². The van der Waals surface area contributed by atoms with Gasteiger partial charge in [-0.05, 0) is 38.6 Å². The molecule has 2 aliphatic rings. The number of carbonyl (C=O) groups excluding carboxylic acids is 1. The summed E-state index contributed by atoms with van der Waals surface area (Å²) in [6.45, 7) is 4.57. The molecule has 1 saturated heterocycles. The van der Waals surface area contributed by atoms with E-state index in [1.54, 1.807) is 0 Å². The highest BCUT2D eigenvalue weighted by atomic mass is 16.5. The van der Waals surface area contributed by atoms with E-state index in [4.69, 9.17) is 4.74 Å². The summed E-state index contributed by atoms with van der Waals surface area (Å²) in [7, 11) is 1.97. The summed E-state index contributed by atoms with van der Waals surface area (Å²) in [6.07, 6.45) is 5.55. The Morgan fingerprint density at radius 1 is 1.28 bits per heavy atom. The van der Waals surface area contributed by atoms with Crippen molar-refractivity contribution < 1.29 is 9.53 Å². The van der Waals surface area contributed by atoms with Gasteiger partial charge in [-0.2, -0.15) is 0 Å². The molecular weight excluding hydrogens is 228 g/mol. The SMILES string of the molecule is CCNC1CCC(N(C)C(=O)C2CCOC2)CC1. The van der Waals surface area contributed by atoms with E-state index < -0.39 is 0 Å². The molecule has 1 aliphatic heterocycles. The van der Waals surface area contributed by atoms with Gasteiger partial charge in [0, 0.05) is 25.7 Å². The van der Waals surface area contributed by atoms with Crippen LogP contribution in [-0.2, 0) is 9.53 Å². The van der Waals surface area contributed by atoms with Crippen LogP contribution < -0.4 is 5.32 Å². The molecule has 1 heterocycles. The first-order valence-corrected chi connectivity index (χ1v) is 7.30. The maximum Gasteiger partial charge on any atom is 0.228 e. The third-order valence-corrected chi connectivity index (χ3v) is 4.36. The molecule has 4 heteroatoms. The third-order valence-electron chi connectivity index (χ3n) is 4.36. The first kappa shape index (κ1) is 13.8. The molecule has 2 rings (SSSR count). The molecule has 1 saturated carbocycles. The largest absolute Gasteiger partial charge is 0.381 e. The maximum absolute atomic E-state index is 12.3. The highest BCUT2D eigenvalue weighted by Gasteiger charge is 2.31. The van der Waals surface area contributed by atoms with Crippen LogP contribution in [0.2, 0.25) is 0 Å². The number of nitrogens with one attached hydrogen (secondary N) is 1. The van der Waals surface area contributed by atoms with Crippen LogP contribution >= 0.6 is 0 Å². The average Bonchev–Trinajstić information content (AvgIpc) is 2.92. The molecule has 0 aromatic heterocycles. The highest BCUT2D eigenvalue weighted by molar-refractivity contribution is 5.79. The number of carbonyl (C=O) groups is 1. The Labute approximate surface area is 110 Å². The molecule has 0 aromatic carbocycles. The summed E-state index contributed by atoms with van der Waals surface area (Å²) >= 11 is 0. The summed E-state index contributed by atoms with van der Waals surface area (Å²) in [4.78, 5) is 14.3. The van der Waals surface area contributed by atoms with E-state index in [0.717, 1.165) is 32.4 Å². The molecular formula is C14H26N2O2. The standard InChI is InChI=1S/C14H26N2O2/c1-3-15-12-4-6-13(7-5-12)16(2)14(17)11-8-9-18-10-11/h11-13,15H,3-10H2,1-2H3. The van der Waals surface area contributed by atoms with E-state index in [2.05, 4.69) is 12.2 Å². The number of nitrogens with zero attached hydrogens (tertiary/aromatic N) is 1. The minimum Gasteiger partial charge on any atom is -0.381 e. The first-order chi connectivity index (χ1) is 8.72. The van der Waals surface area contributed by atoms with E-state index >= 15 is 0 Å².